The lowest BCUT2D eigenvalue weighted by Crippen LogP contribution is -2.17. The van der Waals surface area contributed by atoms with Crippen molar-refractivity contribution in [3.63, 3.8) is 0 Å². The molecule has 0 aliphatic heterocycles. The van der Waals surface area contributed by atoms with Gasteiger partial charge in [-0.2, -0.15) is 0 Å². The molecule has 1 aromatic heterocycles. The zero-order valence-corrected chi connectivity index (χ0v) is 10.2. The number of anilines is 2. The Balaban J connectivity index is 2.10. The van der Waals surface area contributed by atoms with Crippen LogP contribution in [-0.4, -0.2) is 19.1 Å². The first-order chi connectivity index (χ1) is 8.29. The van der Waals surface area contributed by atoms with Crippen LogP contribution in [0.2, 0.25) is 0 Å². The Kier molecular flexibility index (Phi) is 3.60. The van der Waals surface area contributed by atoms with E-state index in [0.29, 0.717) is 0 Å². The number of hydrogen-bond donors (Lipinski definition) is 1. The summed E-state index contributed by atoms with van der Waals surface area (Å²) >= 11 is 0. The molecule has 3 heteroatoms. The Hall–Kier alpha value is -2.03. The number of pyridine rings is 1. The maximum Gasteiger partial charge on any atom is 0.126 e. The fourth-order valence-corrected chi connectivity index (χ4v) is 1.72. The minimum Gasteiger partial charge on any atom is -0.373 e. The van der Waals surface area contributed by atoms with Crippen LogP contribution >= 0.6 is 0 Å². The van der Waals surface area contributed by atoms with Crippen LogP contribution < -0.4 is 10.2 Å². The van der Waals surface area contributed by atoms with E-state index in [-0.39, 0.29) is 0 Å². The Morgan fingerprint density at radius 2 is 1.82 bits per heavy atom. The van der Waals surface area contributed by atoms with E-state index in [1.54, 1.807) is 0 Å². The van der Waals surface area contributed by atoms with Gasteiger partial charge in [0.25, 0.3) is 0 Å². The van der Waals surface area contributed by atoms with Crippen LogP contribution in [0.25, 0.3) is 0 Å². The van der Waals surface area contributed by atoms with Gasteiger partial charge in [-0.1, -0.05) is 24.3 Å². The summed E-state index contributed by atoms with van der Waals surface area (Å²) in [5.41, 5.74) is 2.26. The minimum absolute atomic E-state index is 0.805. The summed E-state index contributed by atoms with van der Waals surface area (Å²) in [5, 5.41) is 3.05. The normalized spacial score (nSPS) is 10.0. The zero-order valence-electron chi connectivity index (χ0n) is 10.2. The lowest BCUT2D eigenvalue weighted by molar-refractivity contribution is 0.886. The second kappa shape index (κ2) is 5.34. The molecule has 2 aromatic rings. The largest absolute Gasteiger partial charge is 0.373 e. The molecule has 1 heterocycles. The van der Waals surface area contributed by atoms with Crippen LogP contribution in [0.1, 0.15) is 5.69 Å². The molecular formula is C14H17N3. The van der Waals surface area contributed by atoms with Gasteiger partial charge < -0.3 is 10.2 Å². The van der Waals surface area contributed by atoms with E-state index in [1.807, 2.05) is 43.4 Å². The fourth-order valence-electron chi connectivity index (χ4n) is 1.72. The van der Waals surface area contributed by atoms with E-state index in [4.69, 9.17) is 0 Å². The van der Waals surface area contributed by atoms with Gasteiger partial charge in [0.15, 0.2) is 0 Å². The van der Waals surface area contributed by atoms with Gasteiger partial charge in [-0.05, 0) is 24.3 Å². The maximum absolute atomic E-state index is 4.50. The van der Waals surface area contributed by atoms with Crippen molar-refractivity contribution >= 4 is 11.5 Å². The molecule has 0 aliphatic carbocycles. The molecule has 0 saturated carbocycles. The third kappa shape index (κ3) is 2.97. The first kappa shape index (κ1) is 11.5. The molecule has 0 radical (unpaired) electrons. The van der Waals surface area contributed by atoms with E-state index in [2.05, 4.69) is 34.4 Å². The third-order valence-electron chi connectivity index (χ3n) is 2.66. The van der Waals surface area contributed by atoms with Gasteiger partial charge in [0, 0.05) is 19.8 Å². The topological polar surface area (TPSA) is 28.2 Å². The standard InChI is InChI=1S/C14H17N3/c1-15-14-10-6-7-12(16-14)11-17(2)13-8-4-3-5-9-13/h3-10H,11H2,1-2H3,(H,15,16). The molecule has 0 aliphatic rings. The van der Waals surface area contributed by atoms with E-state index >= 15 is 0 Å². The van der Waals surface area contributed by atoms with Crippen LogP contribution in [0.4, 0.5) is 11.5 Å². The molecule has 0 fully saturated rings. The number of nitrogens with one attached hydrogen (secondary N) is 1. The molecule has 0 saturated heterocycles. The van der Waals surface area contributed by atoms with Crippen LogP contribution in [0.15, 0.2) is 48.5 Å². The Labute approximate surface area is 102 Å². The van der Waals surface area contributed by atoms with E-state index in [1.165, 1.54) is 5.69 Å². The lowest BCUT2D eigenvalue weighted by Gasteiger charge is -2.18. The molecule has 0 bridgehead atoms. The quantitative estimate of drug-likeness (QED) is 0.870. The van der Waals surface area contributed by atoms with Crippen LogP contribution in [0, 0.1) is 0 Å². The third-order valence-corrected chi connectivity index (χ3v) is 2.66. The van der Waals surface area contributed by atoms with Crippen molar-refractivity contribution in [2.45, 2.75) is 6.54 Å². The molecule has 17 heavy (non-hydrogen) atoms. The van der Waals surface area contributed by atoms with Crippen molar-refractivity contribution in [2.75, 3.05) is 24.3 Å². The van der Waals surface area contributed by atoms with Gasteiger partial charge in [-0.15, -0.1) is 0 Å². The SMILES string of the molecule is CNc1cccc(CN(C)c2ccccc2)n1. The summed E-state index contributed by atoms with van der Waals surface area (Å²) < 4.78 is 0. The highest BCUT2D eigenvalue weighted by Crippen LogP contribution is 2.14. The second-order valence-electron chi connectivity index (χ2n) is 3.96. The van der Waals surface area contributed by atoms with Crippen LogP contribution in [-0.2, 0) is 6.54 Å². The first-order valence-corrected chi connectivity index (χ1v) is 5.69. The van der Waals surface area contributed by atoms with E-state index in [0.717, 1.165) is 18.1 Å². The number of hydrogen-bond acceptors (Lipinski definition) is 3. The van der Waals surface area contributed by atoms with Gasteiger partial charge >= 0.3 is 0 Å². The number of aromatic nitrogens is 1. The number of benzene rings is 1. The number of para-hydroxylation sites is 1. The monoisotopic (exact) mass is 227 g/mol. The molecule has 0 amide bonds. The summed E-state index contributed by atoms with van der Waals surface area (Å²) in [6.45, 7) is 0.805. The van der Waals surface area contributed by atoms with Crippen molar-refractivity contribution in [3.8, 4) is 0 Å². The second-order valence-corrected chi connectivity index (χ2v) is 3.96. The Bertz CT molecular complexity index is 468. The molecule has 1 aromatic carbocycles. The van der Waals surface area contributed by atoms with Gasteiger partial charge in [-0.3, -0.25) is 0 Å². The van der Waals surface area contributed by atoms with Crippen LogP contribution in [0.3, 0.4) is 0 Å². The summed E-state index contributed by atoms with van der Waals surface area (Å²) in [7, 11) is 3.95. The van der Waals surface area contributed by atoms with Crippen molar-refractivity contribution < 1.29 is 0 Å². The Morgan fingerprint density at radius 1 is 1.06 bits per heavy atom. The summed E-state index contributed by atoms with van der Waals surface area (Å²) in [6, 6.07) is 16.3. The summed E-state index contributed by atoms with van der Waals surface area (Å²) in [5.74, 6) is 0.906. The van der Waals surface area contributed by atoms with Gasteiger partial charge in [-0.25, -0.2) is 4.98 Å². The van der Waals surface area contributed by atoms with Gasteiger partial charge in [0.2, 0.25) is 0 Å². The number of nitrogens with zero attached hydrogens (tertiary/aromatic N) is 2. The molecule has 1 N–H and O–H groups in total. The fraction of sp³-hybridized carbons (Fsp3) is 0.214. The average molecular weight is 227 g/mol. The number of rotatable bonds is 4. The lowest BCUT2D eigenvalue weighted by atomic mass is 10.2. The zero-order chi connectivity index (χ0) is 12.1. The van der Waals surface area contributed by atoms with Crippen molar-refractivity contribution in [3.05, 3.63) is 54.2 Å². The first-order valence-electron chi connectivity index (χ1n) is 5.69. The molecule has 88 valence electrons. The summed E-state index contributed by atoms with van der Waals surface area (Å²) in [6.07, 6.45) is 0. The molecule has 2 rings (SSSR count). The smallest absolute Gasteiger partial charge is 0.126 e. The van der Waals surface area contributed by atoms with Crippen molar-refractivity contribution in [2.24, 2.45) is 0 Å². The van der Waals surface area contributed by atoms with Gasteiger partial charge in [0.05, 0.1) is 12.2 Å². The van der Waals surface area contributed by atoms with E-state index < -0.39 is 0 Å². The van der Waals surface area contributed by atoms with Crippen molar-refractivity contribution in [1.82, 2.24) is 4.98 Å². The highest BCUT2D eigenvalue weighted by molar-refractivity contribution is 5.45. The molecule has 3 nitrogen and oxygen atoms in total. The minimum atomic E-state index is 0.805. The van der Waals surface area contributed by atoms with E-state index in [9.17, 15) is 0 Å². The average Bonchev–Trinajstić information content (AvgIpc) is 2.40. The molecular weight excluding hydrogens is 210 g/mol. The summed E-state index contributed by atoms with van der Waals surface area (Å²) in [4.78, 5) is 6.69. The maximum atomic E-state index is 4.50. The van der Waals surface area contributed by atoms with Crippen molar-refractivity contribution in [1.29, 1.82) is 0 Å². The van der Waals surface area contributed by atoms with Crippen LogP contribution in [0.5, 0.6) is 0 Å². The van der Waals surface area contributed by atoms with Gasteiger partial charge in [0.1, 0.15) is 5.82 Å². The Morgan fingerprint density at radius 3 is 2.53 bits per heavy atom. The molecule has 0 atom stereocenters. The predicted octanol–water partition coefficient (Wildman–Crippen LogP) is 2.76. The highest BCUT2D eigenvalue weighted by Gasteiger charge is 2.02. The molecule has 0 spiro atoms. The highest BCUT2D eigenvalue weighted by atomic mass is 15.1. The predicted molar refractivity (Wildman–Crippen MR) is 72.3 cm³/mol. The molecule has 0 unspecified atom stereocenters.